The van der Waals surface area contributed by atoms with Gasteiger partial charge in [-0.2, -0.15) is 0 Å². The van der Waals surface area contributed by atoms with Gasteiger partial charge in [-0.3, -0.25) is 0 Å². The Morgan fingerprint density at radius 2 is 0.842 bits per heavy atom. The Labute approximate surface area is 135 Å². The van der Waals surface area contributed by atoms with E-state index in [4.69, 9.17) is 12.5 Å². The third kappa shape index (κ3) is 32.6. The minimum absolute atomic E-state index is 0. The van der Waals surface area contributed by atoms with Crippen LogP contribution in [0.5, 0.6) is 0 Å². The molecule has 0 aromatic heterocycles. The first-order valence-corrected chi connectivity index (χ1v) is 11.2. The molecule has 0 saturated heterocycles. The van der Waals surface area contributed by atoms with Crippen molar-refractivity contribution in [3.05, 3.63) is 0 Å². The van der Waals surface area contributed by atoms with Crippen molar-refractivity contribution >= 4 is 0 Å². The standard InChI is InChI=1S/4Cr.Na.3H2O.11O/h;;;;;3*1H2;;;;;;;;;;;/q;4*+1;;;;;;;;;;;;;;-1/p-3. The Bertz CT molecular complexity index is 532. The molecular weight excluding hydrogens is 455 g/mol. The summed E-state index contributed by atoms with van der Waals surface area (Å²) in [4.78, 5) is 0. The molecule has 0 radical (unpaired) electrons. The van der Waals surface area contributed by atoms with Gasteiger partial charge in [-0.25, -0.2) is 0 Å². The number of hydrogen-bond acceptors (Lipinski definition) is 11. The van der Waals surface area contributed by atoms with Crippen molar-refractivity contribution in [3.63, 3.8) is 0 Å². The SMILES string of the molecule is [Na+].[O]=[Cr](=[O])([O-])[O][Cr](=[O])(=[O])[OH].[O]=[Cr](=[O])([OH])[O][Cr](=[O])(=[O])[OH]. The Morgan fingerprint density at radius 3 is 0.842 bits per heavy atom. The average Bonchev–Trinajstić information content (AvgIpc) is 1.64. The van der Waals surface area contributed by atoms with Gasteiger partial charge in [-0.15, -0.1) is 0 Å². The van der Waals surface area contributed by atoms with Crippen molar-refractivity contribution in [1.82, 2.24) is 0 Å². The second kappa shape index (κ2) is 8.66. The summed E-state index contributed by atoms with van der Waals surface area (Å²) in [6, 6.07) is 0. The molecule has 0 spiro atoms. The summed E-state index contributed by atoms with van der Waals surface area (Å²) >= 11 is -23.3. The summed E-state index contributed by atoms with van der Waals surface area (Å²) in [5.41, 5.74) is 0. The van der Waals surface area contributed by atoms with E-state index < -0.39 is 54.5 Å². The van der Waals surface area contributed by atoms with Gasteiger partial charge >= 0.3 is 137 Å². The Hall–Kier alpha value is 1.29. The maximum absolute atomic E-state index is 9.53. The van der Waals surface area contributed by atoms with Crippen molar-refractivity contribution in [3.8, 4) is 0 Å². The summed E-state index contributed by atoms with van der Waals surface area (Å²) < 4.78 is 114. The third-order valence-electron chi connectivity index (χ3n) is 0.341. The van der Waals surface area contributed by atoms with Crippen LogP contribution in [0, 0.1) is 0 Å². The minimum atomic E-state index is -6.01. The molecule has 0 atom stereocenters. The molecule has 112 valence electrons. The fourth-order valence-corrected chi connectivity index (χ4v) is 3.64. The van der Waals surface area contributed by atoms with Gasteiger partial charge in [0.1, 0.15) is 0 Å². The zero-order valence-electron chi connectivity index (χ0n) is 8.47. The Morgan fingerprint density at radius 1 is 0.632 bits per heavy atom. The van der Waals surface area contributed by atoms with Crippen LogP contribution in [0.3, 0.4) is 0 Å². The molecule has 0 aliphatic rings. The molecule has 0 aromatic carbocycles. The van der Waals surface area contributed by atoms with Crippen LogP contribution in [0.25, 0.3) is 0 Å². The van der Waals surface area contributed by atoms with Crippen molar-refractivity contribution in [1.29, 1.82) is 0 Å². The number of rotatable bonds is 4. The molecule has 14 nitrogen and oxygen atoms in total. The summed E-state index contributed by atoms with van der Waals surface area (Å²) in [5, 5.41) is 0. The van der Waals surface area contributed by atoms with Crippen LogP contribution in [-0.2, 0) is 90.6 Å². The first kappa shape index (κ1) is 25.3. The predicted octanol–water partition coefficient (Wildman–Crippen LogP) is -6.95. The summed E-state index contributed by atoms with van der Waals surface area (Å²) in [6.07, 6.45) is 0. The van der Waals surface area contributed by atoms with Crippen LogP contribution in [-0.4, -0.2) is 12.5 Å². The van der Waals surface area contributed by atoms with Gasteiger partial charge < -0.3 is 0 Å². The third-order valence-corrected chi connectivity index (χ3v) is 5.80. The van der Waals surface area contributed by atoms with Crippen molar-refractivity contribution in [2.24, 2.45) is 0 Å². The van der Waals surface area contributed by atoms with E-state index in [0.29, 0.717) is 0 Å². The van der Waals surface area contributed by atoms with Crippen LogP contribution in [0.2, 0.25) is 0 Å². The molecule has 0 heterocycles. The van der Waals surface area contributed by atoms with Crippen LogP contribution in [0.15, 0.2) is 0 Å². The molecule has 0 fully saturated rings. The average molecular weight is 458 g/mol. The zero-order valence-corrected chi connectivity index (χ0v) is 15.6. The van der Waals surface area contributed by atoms with Gasteiger partial charge in [0.05, 0.1) is 0 Å². The molecule has 0 aromatic rings. The van der Waals surface area contributed by atoms with E-state index in [-0.39, 0.29) is 29.6 Å². The Kier molecular flexibility index (Phi) is 11.5. The summed E-state index contributed by atoms with van der Waals surface area (Å²) in [6.45, 7) is 0. The van der Waals surface area contributed by atoms with Crippen LogP contribution < -0.4 is 33.7 Å². The van der Waals surface area contributed by atoms with E-state index in [0.717, 1.165) is 0 Å². The molecule has 3 N–H and O–H groups in total. The zero-order chi connectivity index (χ0) is 15.4. The fraction of sp³-hybridized carbons (Fsp3) is 0. The van der Waals surface area contributed by atoms with Crippen molar-refractivity contribution in [2.45, 2.75) is 0 Å². The van der Waals surface area contributed by atoms with Crippen LogP contribution in [0.1, 0.15) is 0 Å². The van der Waals surface area contributed by atoms with E-state index in [1.54, 1.807) is 0 Å². The summed E-state index contributed by atoms with van der Waals surface area (Å²) in [7, 11) is 0. The van der Waals surface area contributed by atoms with E-state index in [1.807, 2.05) is 0 Å². The van der Waals surface area contributed by atoms with Gasteiger partial charge in [0, 0.05) is 0 Å². The van der Waals surface area contributed by atoms with Gasteiger partial charge in [0.25, 0.3) is 0 Å². The van der Waals surface area contributed by atoms with Gasteiger partial charge in [-0.1, -0.05) is 0 Å². The quantitative estimate of drug-likeness (QED) is 0.332. The van der Waals surface area contributed by atoms with E-state index in [9.17, 15) is 34.6 Å². The second-order valence-corrected chi connectivity index (χ2v) is 9.29. The maximum atomic E-state index is 9.53. The van der Waals surface area contributed by atoms with Crippen LogP contribution in [0.4, 0.5) is 0 Å². The molecule has 0 rings (SSSR count). The second-order valence-electron chi connectivity index (χ2n) is 1.83. The molecule has 0 aliphatic heterocycles. The first-order valence-electron chi connectivity index (χ1n) is 2.71. The molecule has 0 unspecified atom stereocenters. The molecular formula is H3Cr4NaO14. The fourth-order valence-electron chi connectivity index (χ4n) is 0.214. The van der Waals surface area contributed by atoms with Gasteiger partial charge in [0.15, 0.2) is 0 Å². The van der Waals surface area contributed by atoms with Crippen LogP contribution >= 0.6 is 0 Å². The molecule has 0 amide bonds. The topological polar surface area (TPSA) is 239 Å². The molecule has 19 heteroatoms. The Balaban J connectivity index is -0.000000256. The molecule has 0 saturated carbocycles. The number of hydrogen-bond donors (Lipinski definition) is 3. The monoisotopic (exact) mass is 458 g/mol. The normalized spacial score (nSPS) is 12.8. The molecule has 19 heavy (non-hydrogen) atoms. The van der Waals surface area contributed by atoms with E-state index in [2.05, 4.69) is 5.68 Å². The van der Waals surface area contributed by atoms with Gasteiger partial charge in [-0.05, 0) is 0 Å². The van der Waals surface area contributed by atoms with Crippen molar-refractivity contribution < 1.29 is 137 Å². The molecule has 0 aliphatic carbocycles. The first-order chi connectivity index (χ1) is 7.41. The van der Waals surface area contributed by atoms with E-state index >= 15 is 0 Å². The van der Waals surface area contributed by atoms with Crippen molar-refractivity contribution in [2.75, 3.05) is 0 Å². The summed E-state index contributed by atoms with van der Waals surface area (Å²) in [5.74, 6) is 0. The van der Waals surface area contributed by atoms with E-state index in [1.165, 1.54) is 0 Å². The van der Waals surface area contributed by atoms with Gasteiger partial charge in [0.2, 0.25) is 0 Å². The predicted molar refractivity (Wildman–Crippen MR) is 14.3 cm³/mol. The molecule has 0 bridgehead atoms.